The van der Waals surface area contributed by atoms with E-state index in [0.29, 0.717) is 6.42 Å². The maximum atomic E-state index is 13.1. The molecule has 1 aliphatic rings. The van der Waals surface area contributed by atoms with Crippen LogP contribution in [0.1, 0.15) is 64.4 Å². The van der Waals surface area contributed by atoms with E-state index in [0.717, 1.165) is 31.2 Å². The Hall–Kier alpha value is -2.57. The molecule has 0 aliphatic heterocycles. The molecule has 0 bridgehead atoms. The number of hydrogen-bond donors (Lipinski definition) is 2. The molecule has 1 aromatic carbocycles. The van der Waals surface area contributed by atoms with Crippen LogP contribution in [0.2, 0.25) is 0 Å². The molecule has 3 atom stereocenters. The number of ether oxygens (including phenoxy) is 2. The number of carbonyl (C=O) groups excluding carboxylic acids is 3. The lowest BCUT2D eigenvalue weighted by atomic mass is 9.82. The molecule has 2 amide bonds. The smallest absolute Gasteiger partial charge is 0.408 e. The van der Waals surface area contributed by atoms with Crippen molar-refractivity contribution in [3.63, 3.8) is 0 Å². The van der Waals surface area contributed by atoms with Crippen molar-refractivity contribution in [2.45, 2.75) is 77.5 Å². The Morgan fingerprint density at radius 1 is 1.06 bits per heavy atom. The zero-order valence-corrected chi connectivity index (χ0v) is 18.9. The van der Waals surface area contributed by atoms with Crippen LogP contribution in [0.5, 0.6) is 0 Å². The summed E-state index contributed by atoms with van der Waals surface area (Å²) in [6.45, 7) is 4.02. The van der Waals surface area contributed by atoms with Crippen LogP contribution in [0.25, 0.3) is 0 Å². The summed E-state index contributed by atoms with van der Waals surface area (Å²) >= 11 is 0. The van der Waals surface area contributed by atoms with Crippen molar-refractivity contribution in [2.75, 3.05) is 7.11 Å². The van der Waals surface area contributed by atoms with Crippen molar-refractivity contribution >= 4 is 18.0 Å². The van der Waals surface area contributed by atoms with Crippen molar-refractivity contribution in [3.05, 3.63) is 35.9 Å². The summed E-state index contributed by atoms with van der Waals surface area (Å²) in [5, 5.41) is 5.76. The SMILES string of the molecule is CCC(C)[C@H](NC(=O)OCc1ccccc1)C(=O)N[C@H](CC(=O)OC)C1CCCCC1. The molecule has 1 saturated carbocycles. The van der Waals surface area contributed by atoms with Gasteiger partial charge in [-0.15, -0.1) is 0 Å². The highest BCUT2D eigenvalue weighted by atomic mass is 16.5. The maximum absolute atomic E-state index is 13.1. The third kappa shape index (κ3) is 8.23. The van der Waals surface area contributed by atoms with Crippen molar-refractivity contribution in [2.24, 2.45) is 11.8 Å². The fourth-order valence-electron chi connectivity index (χ4n) is 4.00. The van der Waals surface area contributed by atoms with Gasteiger partial charge in [0.1, 0.15) is 12.6 Å². The van der Waals surface area contributed by atoms with Gasteiger partial charge in [0.15, 0.2) is 0 Å². The third-order valence-corrected chi connectivity index (χ3v) is 6.14. The van der Waals surface area contributed by atoms with Crippen LogP contribution >= 0.6 is 0 Å². The van der Waals surface area contributed by atoms with Crippen LogP contribution in [0.4, 0.5) is 4.79 Å². The topological polar surface area (TPSA) is 93.7 Å². The van der Waals surface area contributed by atoms with Gasteiger partial charge in [0.25, 0.3) is 0 Å². The first-order valence-corrected chi connectivity index (χ1v) is 11.3. The van der Waals surface area contributed by atoms with E-state index in [1.54, 1.807) is 0 Å². The molecule has 31 heavy (non-hydrogen) atoms. The summed E-state index contributed by atoms with van der Waals surface area (Å²) in [4.78, 5) is 37.5. The van der Waals surface area contributed by atoms with E-state index >= 15 is 0 Å². The molecule has 0 spiro atoms. The molecule has 0 radical (unpaired) electrons. The molecule has 7 nitrogen and oxygen atoms in total. The second kappa shape index (κ2) is 13.0. The molecule has 1 aliphatic carbocycles. The summed E-state index contributed by atoms with van der Waals surface area (Å²) in [6, 6.07) is 8.34. The van der Waals surface area contributed by atoms with Gasteiger partial charge in [-0.1, -0.05) is 69.9 Å². The summed E-state index contributed by atoms with van der Waals surface area (Å²) in [5.41, 5.74) is 0.873. The van der Waals surface area contributed by atoms with E-state index in [1.807, 2.05) is 44.2 Å². The molecule has 0 aromatic heterocycles. The molecule has 0 heterocycles. The van der Waals surface area contributed by atoms with E-state index in [4.69, 9.17) is 9.47 Å². The Bertz CT molecular complexity index is 703. The van der Waals surface area contributed by atoms with Gasteiger partial charge in [0.05, 0.1) is 13.5 Å². The summed E-state index contributed by atoms with van der Waals surface area (Å²) in [6.07, 6.45) is 5.53. The Morgan fingerprint density at radius 2 is 1.74 bits per heavy atom. The van der Waals surface area contributed by atoms with Gasteiger partial charge in [-0.3, -0.25) is 9.59 Å². The predicted octanol–water partition coefficient (Wildman–Crippen LogP) is 3.96. The minimum absolute atomic E-state index is 0.0885. The number of hydrogen-bond acceptors (Lipinski definition) is 5. The molecule has 7 heteroatoms. The molecular weight excluding hydrogens is 396 g/mol. The molecule has 172 valence electrons. The van der Waals surface area contributed by atoms with Crippen LogP contribution in [0.3, 0.4) is 0 Å². The second-order valence-electron chi connectivity index (χ2n) is 8.36. The van der Waals surface area contributed by atoms with Gasteiger partial charge in [-0.05, 0) is 30.2 Å². The lowest BCUT2D eigenvalue weighted by Gasteiger charge is -2.32. The average Bonchev–Trinajstić information content (AvgIpc) is 2.81. The third-order valence-electron chi connectivity index (χ3n) is 6.14. The van der Waals surface area contributed by atoms with Gasteiger partial charge < -0.3 is 20.1 Å². The number of rotatable bonds is 10. The second-order valence-corrected chi connectivity index (χ2v) is 8.36. The van der Waals surface area contributed by atoms with Crippen molar-refractivity contribution in [3.8, 4) is 0 Å². The number of carbonyl (C=O) groups is 3. The number of benzene rings is 1. The number of esters is 1. The summed E-state index contributed by atoms with van der Waals surface area (Å²) in [5.74, 6) is -0.481. The van der Waals surface area contributed by atoms with Crippen LogP contribution in [0.15, 0.2) is 30.3 Å². The maximum Gasteiger partial charge on any atom is 0.408 e. The minimum atomic E-state index is -0.739. The van der Waals surface area contributed by atoms with Gasteiger partial charge in [-0.25, -0.2) is 4.79 Å². The number of alkyl carbamates (subject to hydrolysis) is 1. The standard InChI is InChI=1S/C24H36N2O5/c1-4-17(2)22(26-24(29)31-16-18-11-7-5-8-12-18)23(28)25-20(15-21(27)30-3)19-13-9-6-10-14-19/h5,7-8,11-12,17,19-20,22H,4,6,9-10,13-16H2,1-3H3,(H,25,28)(H,26,29)/t17?,20-,22+/m1/s1. The highest BCUT2D eigenvalue weighted by Gasteiger charge is 2.32. The Labute approximate surface area is 185 Å². The van der Waals surface area contributed by atoms with Crippen LogP contribution in [-0.2, 0) is 25.7 Å². The van der Waals surface area contributed by atoms with Crippen molar-refractivity contribution in [1.82, 2.24) is 10.6 Å². The highest BCUT2D eigenvalue weighted by Crippen LogP contribution is 2.28. The van der Waals surface area contributed by atoms with E-state index in [9.17, 15) is 14.4 Å². The largest absolute Gasteiger partial charge is 0.469 e. The van der Waals surface area contributed by atoms with Crippen LogP contribution < -0.4 is 10.6 Å². The number of nitrogens with one attached hydrogen (secondary N) is 2. The molecule has 2 rings (SSSR count). The monoisotopic (exact) mass is 432 g/mol. The molecule has 1 unspecified atom stereocenters. The van der Waals surface area contributed by atoms with Gasteiger partial charge in [0.2, 0.25) is 5.91 Å². The minimum Gasteiger partial charge on any atom is -0.469 e. The van der Waals surface area contributed by atoms with Crippen LogP contribution in [0, 0.1) is 11.8 Å². The van der Waals surface area contributed by atoms with Crippen LogP contribution in [-0.4, -0.2) is 37.2 Å². The predicted molar refractivity (Wildman–Crippen MR) is 118 cm³/mol. The lowest BCUT2D eigenvalue weighted by molar-refractivity contribution is -0.142. The van der Waals surface area contributed by atoms with E-state index in [2.05, 4.69) is 10.6 Å². The van der Waals surface area contributed by atoms with Crippen molar-refractivity contribution in [1.29, 1.82) is 0 Å². The fraction of sp³-hybridized carbons (Fsp3) is 0.625. The number of amides is 2. The first-order chi connectivity index (χ1) is 14.9. The first-order valence-electron chi connectivity index (χ1n) is 11.3. The quantitative estimate of drug-likeness (QED) is 0.546. The zero-order valence-electron chi connectivity index (χ0n) is 18.9. The van der Waals surface area contributed by atoms with Gasteiger partial charge >= 0.3 is 12.1 Å². The Kier molecular flexibility index (Phi) is 10.3. The number of methoxy groups -OCH3 is 1. The molecule has 0 saturated heterocycles. The highest BCUT2D eigenvalue weighted by molar-refractivity contribution is 5.86. The molecular formula is C24H36N2O5. The van der Waals surface area contributed by atoms with Gasteiger partial charge in [-0.2, -0.15) is 0 Å². The van der Waals surface area contributed by atoms with Gasteiger partial charge in [0, 0.05) is 6.04 Å². The lowest BCUT2D eigenvalue weighted by Crippen LogP contribution is -2.54. The normalized spacial score (nSPS) is 17.1. The van der Waals surface area contributed by atoms with E-state index < -0.39 is 12.1 Å². The molecule has 1 aromatic rings. The first kappa shape index (κ1) is 24.7. The zero-order chi connectivity index (χ0) is 22.6. The molecule has 1 fully saturated rings. The summed E-state index contributed by atoms with van der Waals surface area (Å²) in [7, 11) is 1.36. The molecule has 2 N–H and O–H groups in total. The summed E-state index contributed by atoms with van der Waals surface area (Å²) < 4.78 is 10.1. The van der Waals surface area contributed by atoms with E-state index in [-0.39, 0.29) is 42.8 Å². The van der Waals surface area contributed by atoms with Crippen molar-refractivity contribution < 1.29 is 23.9 Å². The van der Waals surface area contributed by atoms with E-state index in [1.165, 1.54) is 13.5 Å². The Morgan fingerprint density at radius 3 is 2.35 bits per heavy atom. The Balaban J connectivity index is 2.01. The fourth-order valence-corrected chi connectivity index (χ4v) is 4.00. The average molecular weight is 433 g/mol.